The molecule has 0 spiro atoms. The van der Waals surface area contributed by atoms with Gasteiger partial charge in [-0.3, -0.25) is 4.79 Å². The van der Waals surface area contributed by atoms with Gasteiger partial charge in [0, 0.05) is 18.4 Å². The highest BCUT2D eigenvalue weighted by Crippen LogP contribution is 2.28. The Balaban J connectivity index is 2.37. The highest BCUT2D eigenvalue weighted by atomic mass is 16.5. The summed E-state index contributed by atoms with van der Waals surface area (Å²) in [5, 5.41) is 5.09. The first-order valence-electron chi connectivity index (χ1n) is 6.07. The molecule has 0 atom stereocenters. The second-order valence-electron chi connectivity index (χ2n) is 4.10. The topological polar surface area (TPSA) is 38.3 Å². The van der Waals surface area contributed by atoms with E-state index in [-0.39, 0.29) is 5.91 Å². The van der Waals surface area contributed by atoms with Crippen molar-refractivity contribution in [1.29, 1.82) is 0 Å². The zero-order valence-corrected chi connectivity index (χ0v) is 10.7. The van der Waals surface area contributed by atoms with Crippen molar-refractivity contribution in [1.82, 2.24) is 5.32 Å². The predicted molar refractivity (Wildman–Crippen MR) is 72.6 cm³/mol. The van der Waals surface area contributed by atoms with Crippen LogP contribution in [0.5, 0.6) is 5.75 Å². The van der Waals surface area contributed by atoms with Crippen molar-refractivity contribution < 1.29 is 9.53 Å². The minimum absolute atomic E-state index is 0.0647. The van der Waals surface area contributed by atoms with Crippen LogP contribution in [-0.4, -0.2) is 13.0 Å². The lowest BCUT2D eigenvalue weighted by Gasteiger charge is -2.11. The van der Waals surface area contributed by atoms with Crippen LogP contribution in [0.15, 0.2) is 36.4 Å². The third-order valence-electron chi connectivity index (χ3n) is 2.99. The third kappa shape index (κ3) is 2.45. The lowest BCUT2D eigenvalue weighted by Crippen LogP contribution is -2.21. The number of rotatable bonds is 4. The second kappa shape index (κ2) is 5.54. The summed E-state index contributed by atoms with van der Waals surface area (Å²) in [6.07, 6.45) is 0.508. The van der Waals surface area contributed by atoms with Crippen molar-refractivity contribution >= 4 is 16.7 Å². The lowest BCUT2D eigenvalue weighted by atomic mass is 10.0. The van der Waals surface area contributed by atoms with E-state index in [4.69, 9.17) is 4.74 Å². The van der Waals surface area contributed by atoms with Gasteiger partial charge in [-0.15, -0.1) is 0 Å². The molecule has 0 aromatic heterocycles. The molecule has 2 rings (SSSR count). The van der Waals surface area contributed by atoms with Crippen molar-refractivity contribution in [3.63, 3.8) is 0 Å². The highest BCUT2D eigenvalue weighted by molar-refractivity contribution is 5.91. The van der Waals surface area contributed by atoms with Crippen LogP contribution in [0.4, 0.5) is 0 Å². The Bertz CT molecular complexity index is 563. The first kappa shape index (κ1) is 12.4. The second-order valence-corrected chi connectivity index (χ2v) is 4.10. The Morgan fingerprint density at radius 2 is 1.89 bits per heavy atom. The number of hydrogen-bond donors (Lipinski definition) is 1. The van der Waals surface area contributed by atoms with Gasteiger partial charge in [-0.1, -0.05) is 37.3 Å². The van der Waals surface area contributed by atoms with Crippen molar-refractivity contribution in [3.8, 4) is 5.75 Å². The molecule has 0 unspecified atom stereocenters. The molecule has 94 valence electrons. The molecule has 1 N–H and O–H groups in total. The molecule has 0 radical (unpaired) electrons. The molecular formula is C15H17NO2. The van der Waals surface area contributed by atoms with Crippen LogP contribution in [0.3, 0.4) is 0 Å². The zero-order valence-electron chi connectivity index (χ0n) is 10.7. The van der Waals surface area contributed by atoms with Crippen molar-refractivity contribution in [2.45, 2.75) is 19.9 Å². The summed E-state index contributed by atoms with van der Waals surface area (Å²) in [5.41, 5.74) is 1.10. The lowest BCUT2D eigenvalue weighted by molar-refractivity contribution is -0.120. The Hall–Kier alpha value is -2.03. The van der Waals surface area contributed by atoms with E-state index < -0.39 is 0 Å². The van der Waals surface area contributed by atoms with Crippen LogP contribution in [-0.2, 0) is 11.3 Å². The molecule has 2 aromatic rings. The predicted octanol–water partition coefficient (Wildman–Crippen LogP) is 2.87. The van der Waals surface area contributed by atoms with E-state index >= 15 is 0 Å². The van der Waals surface area contributed by atoms with Gasteiger partial charge in [0.05, 0.1) is 7.11 Å². The molecule has 1 amide bonds. The molecule has 3 nitrogen and oxygen atoms in total. The first-order valence-corrected chi connectivity index (χ1v) is 6.07. The Labute approximate surface area is 107 Å². The average molecular weight is 243 g/mol. The molecule has 0 saturated heterocycles. The molecule has 0 heterocycles. The SMILES string of the molecule is CCC(=O)NCc1ccc(OC)c2ccccc12. The summed E-state index contributed by atoms with van der Waals surface area (Å²) in [7, 11) is 1.67. The number of fused-ring (bicyclic) bond motifs is 1. The maximum absolute atomic E-state index is 11.3. The number of carbonyl (C=O) groups is 1. The fourth-order valence-corrected chi connectivity index (χ4v) is 1.98. The Morgan fingerprint density at radius 1 is 1.17 bits per heavy atom. The number of methoxy groups -OCH3 is 1. The molecule has 0 fully saturated rings. The molecule has 18 heavy (non-hydrogen) atoms. The van der Waals surface area contributed by atoms with Gasteiger partial charge >= 0.3 is 0 Å². The van der Waals surface area contributed by atoms with E-state index in [1.54, 1.807) is 7.11 Å². The van der Waals surface area contributed by atoms with Crippen LogP contribution in [0.1, 0.15) is 18.9 Å². The summed E-state index contributed by atoms with van der Waals surface area (Å²) in [6.45, 7) is 2.40. The normalized spacial score (nSPS) is 10.3. The molecule has 0 aliphatic carbocycles. The van der Waals surface area contributed by atoms with Crippen molar-refractivity contribution in [2.24, 2.45) is 0 Å². The van der Waals surface area contributed by atoms with Gasteiger partial charge in [0.2, 0.25) is 5.91 Å². The van der Waals surface area contributed by atoms with Gasteiger partial charge in [-0.2, -0.15) is 0 Å². The van der Waals surface area contributed by atoms with Gasteiger partial charge in [0.25, 0.3) is 0 Å². The van der Waals surface area contributed by atoms with Gasteiger partial charge in [-0.25, -0.2) is 0 Å². The number of amides is 1. The summed E-state index contributed by atoms with van der Waals surface area (Å²) >= 11 is 0. The molecule has 2 aromatic carbocycles. The largest absolute Gasteiger partial charge is 0.496 e. The van der Waals surface area contributed by atoms with Gasteiger partial charge in [0.1, 0.15) is 5.75 Å². The first-order chi connectivity index (χ1) is 8.76. The van der Waals surface area contributed by atoms with Crippen LogP contribution >= 0.6 is 0 Å². The fourth-order valence-electron chi connectivity index (χ4n) is 1.98. The molecule has 3 heteroatoms. The van der Waals surface area contributed by atoms with Gasteiger partial charge in [-0.05, 0) is 17.0 Å². The Morgan fingerprint density at radius 3 is 2.56 bits per heavy atom. The standard InChI is InChI=1S/C15H17NO2/c1-3-15(17)16-10-11-8-9-14(18-2)13-7-5-4-6-12(11)13/h4-9H,3,10H2,1-2H3,(H,16,17). The number of benzene rings is 2. The quantitative estimate of drug-likeness (QED) is 0.896. The monoisotopic (exact) mass is 243 g/mol. The van der Waals surface area contributed by atoms with Crippen molar-refractivity contribution in [3.05, 3.63) is 42.0 Å². The van der Waals surface area contributed by atoms with Gasteiger partial charge < -0.3 is 10.1 Å². The van der Waals surface area contributed by atoms with E-state index in [1.807, 2.05) is 43.3 Å². The van der Waals surface area contributed by atoms with Crippen LogP contribution in [0, 0.1) is 0 Å². The third-order valence-corrected chi connectivity index (χ3v) is 2.99. The smallest absolute Gasteiger partial charge is 0.219 e. The summed E-state index contributed by atoms with van der Waals surface area (Å²) in [5.74, 6) is 0.922. The average Bonchev–Trinajstić information content (AvgIpc) is 2.44. The summed E-state index contributed by atoms with van der Waals surface area (Å²) in [4.78, 5) is 11.3. The fraction of sp³-hybridized carbons (Fsp3) is 0.267. The highest BCUT2D eigenvalue weighted by Gasteiger charge is 2.06. The number of ether oxygens (including phenoxy) is 1. The minimum atomic E-state index is 0.0647. The molecule has 0 bridgehead atoms. The zero-order chi connectivity index (χ0) is 13.0. The Kier molecular flexibility index (Phi) is 3.82. The molecule has 0 aliphatic rings. The van der Waals surface area contributed by atoms with Crippen LogP contribution in [0.2, 0.25) is 0 Å². The van der Waals surface area contributed by atoms with Crippen molar-refractivity contribution in [2.75, 3.05) is 7.11 Å². The minimum Gasteiger partial charge on any atom is -0.496 e. The molecule has 0 aliphatic heterocycles. The van der Waals surface area contributed by atoms with E-state index in [1.165, 1.54) is 0 Å². The van der Waals surface area contributed by atoms with E-state index in [0.29, 0.717) is 13.0 Å². The number of hydrogen-bond acceptors (Lipinski definition) is 2. The van der Waals surface area contributed by atoms with E-state index in [2.05, 4.69) is 5.32 Å². The summed E-state index contributed by atoms with van der Waals surface area (Å²) in [6, 6.07) is 12.0. The van der Waals surface area contributed by atoms with E-state index in [9.17, 15) is 4.79 Å². The summed E-state index contributed by atoms with van der Waals surface area (Å²) < 4.78 is 5.34. The maximum Gasteiger partial charge on any atom is 0.219 e. The number of carbonyl (C=O) groups excluding carboxylic acids is 1. The van der Waals surface area contributed by atoms with Crippen LogP contribution < -0.4 is 10.1 Å². The van der Waals surface area contributed by atoms with Gasteiger partial charge in [0.15, 0.2) is 0 Å². The maximum atomic E-state index is 11.3. The number of nitrogens with one attached hydrogen (secondary N) is 1. The molecule has 0 saturated carbocycles. The molecular weight excluding hydrogens is 226 g/mol. The van der Waals surface area contributed by atoms with Crippen LogP contribution in [0.25, 0.3) is 10.8 Å². The van der Waals surface area contributed by atoms with E-state index in [0.717, 1.165) is 22.1 Å².